The van der Waals surface area contributed by atoms with Crippen molar-refractivity contribution < 1.29 is 9.18 Å². The van der Waals surface area contributed by atoms with E-state index in [0.29, 0.717) is 18.5 Å². The van der Waals surface area contributed by atoms with Gasteiger partial charge in [-0.2, -0.15) is 5.10 Å². The summed E-state index contributed by atoms with van der Waals surface area (Å²) >= 11 is 0. The van der Waals surface area contributed by atoms with Crippen molar-refractivity contribution in [2.24, 2.45) is 7.05 Å². The number of nitrogens with zero attached hydrogens (tertiary/aromatic N) is 4. The van der Waals surface area contributed by atoms with Gasteiger partial charge in [-0.1, -0.05) is 18.2 Å². The van der Waals surface area contributed by atoms with Gasteiger partial charge in [0.2, 0.25) is 5.91 Å². The Bertz CT molecular complexity index is 668. The lowest BCUT2D eigenvalue weighted by Gasteiger charge is -2.28. The van der Waals surface area contributed by atoms with Crippen molar-refractivity contribution in [3.63, 3.8) is 0 Å². The van der Waals surface area contributed by atoms with E-state index in [-0.39, 0.29) is 11.7 Å². The normalized spacial score (nSPS) is 12.4. The zero-order valence-corrected chi connectivity index (χ0v) is 14.0. The highest BCUT2D eigenvalue weighted by molar-refractivity contribution is 5.83. The largest absolute Gasteiger partial charge is 0.344 e. The molecule has 0 saturated heterocycles. The smallest absolute Gasteiger partial charge is 0.244 e. The molecule has 23 heavy (non-hydrogen) atoms. The average molecular weight is 318 g/mol. The van der Waals surface area contributed by atoms with Gasteiger partial charge in [-0.15, -0.1) is 0 Å². The number of likely N-dealkylation sites (N-methyl/N-ethyl adjacent to an activating group) is 2. The van der Waals surface area contributed by atoms with E-state index in [9.17, 15) is 9.18 Å². The Labute approximate surface area is 136 Å². The average Bonchev–Trinajstić information content (AvgIpc) is 2.92. The van der Waals surface area contributed by atoms with Crippen molar-refractivity contribution in [2.45, 2.75) is 12.5 Å². The van der Waals surface area contributed by atoms with Crippen molar-refractivity contribution >= 4 is 5.91 Å². The van der Waals surface area contributed by atoms with Crippen LogP contribution in [-0.2, 0) is 18.3 Å². The van der Waals surface area contributed by atoms with Crippen LogP contribution in [-0.4, -0.2) is 53.2 Å². The summed E-state index contributed by atoms with van der Waals surface area (Å²) in [6.07, 6.45) is 4.44. The van der Waals surface area contributed by atoms with E-state index in [2.05, 4.69) is 5.10 Å². The standard InChI is InChI=1S/C17H23FN4O/c1-20(2)16(14-7-5-6-8-15(14)18)17(23)21(3)10-9-13-11-19-22(4)12-13/h5-8,11-12,16H,9-10H2,1-4H3/t16-/m1/s1. The van der Waals surface area contributed by atoms with Gasteiger partial charge < -0.3 is 4.90 Å². The van der Waals surface area contributed by atoms with Gasteiger partial charge in [-0.3, -0.25) is 14.4 Å². The summed E-state index contributed by atoms with van der Waals surface area (Å²) in [5.74, 6) is -0.482. The zero-order chi connectivity index (χ0) is 17.0. The molecule has 5 nitrogen and oxygen atoms in total. The van der Waals surface area contributed by atoms with E-state index in [4.69, 9.17) is 0 Å². The molecule has 2 rings (SSSR count). The van der Waals surface area contributed by atoms with Gasteiger partial charge in [0.1, 0.15) is 11.9 Å². The van der Waals surface area contributed by atoms with Crippen LogP contribution in [0.15, 0.2) is 36.7 Å². The van der Waals surface area contributed by atoms with Crippen molar-refractivity contribution in [2.75, 3.05) is 27.7 Å². The van der Waals surface area contributed by atoms with E-state index in [0.717, 1.165) is 5.56 Å². The van der Waals surface area contributed by atoms with Crippen LogP contribution in [0.1, 0.15) is 17.2 Å². The minimum Gasteiger partial charge on any atom is -0.344 e. The monoisotopic (exact) mass is 318 g/mol. The molecule has 0 aliphatic rings. The number of halogens is 1. The number of aromatic nitrogens is 2. The van der Waals surface area contributed by atoms with Crippen LogP contribution in [0.25, 0.3) is 0 Å². The number of aryl methyl sites for hydroxylation is 1. The van der Waals surface area contributed by atoms with Crippen LogP contribution < -0.4 is 0 Å². The van der Waals surface area contributed by atoms with E-state index in [1.807, 2.05) is 13.2 Å². The molecule has 0 saturated carbocycles. The minimum absolute atomic E-state index is 0.121. The molecular weight excluding hydrogens is 295 g/mol. The molecule has 6 heteroatoms. The Morgan fingerprint density at radius 1 is 1.30 bits per heavy atom. The Morgan fingerprint density at radius 2 is 2.00 bits per heavy atom. The van der Waals surface area contributed by atoms with Gasteiger partial charge in [-0.25, -0.2) is 4.39 Å². The molecular formula is C17H23FN4O. The summed E-state index contributed by atoms with van der Waals surface area (Å²) in [6, 6.07) is 5.79. The molecule has 0 radical (unpaired) electrons. The van der Waals surface area contributed by atoms with Gasteiger partial charge >= 0.3 is 0 Å². The highest BCUT2D eigenvalue weighted by Crippen LogP contribution is 2.23. The van der Waals surface area contributed by atoms with E-state index in [1.165, 1.54) is 6.07 Å². The van der Waals surface area contributed by atoms with Crippen molar-refractivity contribution in [1.82, 2.24) is 19.6 Å². The van der Waals surface area contributed by atoms with Crippen molar-refractivity contribution in [1.29, 1.82) is 0 Å². The number of hydrogen-bond acceptors (Lipinski definition) is 3. The number of rotatable bonds is 6. The maximum atomic E-state index is 14.1. The first-order chi connectivity index (χ1) is 10.9. The van der Waals surface area contributed by atoms with Gasteiger partial charge in [0.05, 0.1) is 6.20 Å². The quantitative estimate of drug-likeness (QED) is 0.816. The lowest BCUT2D eigenvalue weighted by atomic mass is 10.0. The number of carbonyl (C=O) groups excluding carboxylic acids is 1. The molecule has 1 amide bonds. The van der Waals surface area contributed by atoms with Crippen molar-refractivity contribution in [3.05, 3.63) is 53.6 Å². The van der Waals surface area contributed by atoms with Crippen molar-refractivity contribution in [3.8, 4) is 0 Å². The molecule has 0 aliphatic carbocycles. The topological polar surface area (TPSA) is 41.4 Å². The lowest BCUT2D eigenvalue weighted by Crippen LogP contribution is -2.39. The number of carbonyl (C=O) groups is 1. The van der Waals surface area contributed by atoms with Crippen LogP contribution in [0.3, 0.4) is 0 Å². The van der Waals surface area contributed by atoms with Crippen LogP contribution in [0.2, 0.25) is 0 Å². The van der Waals surface area contributed by atoms with Crippen LogP contribution in [0.5, 0.6) is 0 Å². The molecule has 0 aliphatic heterocycles. The van der Waals surface area contributed by atoms with Gasteiger partial charge in [0, 0.05) is 32.4 Å². The molecule has 0 N–H and O–H groups in total. The van der Waals surface area contributed by atoms with Crippen LogP contribution in [0, 0.1) is 5.82 Å². The second-order valence-electron chi connectivity index (χ2n) is 5.92. The highest BCUT2D eigenvalue weighted by Gasteiger charge is 2.28. The fourth-order valence-electron chi connectivity index (χ4n) is 2.55. The maximum Gasteiger partial charge on any atom is 0.244 e. The van der Waals surface area contributed by atoms with Crippen LogP contribution >= 0.6 is 0 Å². The molecule has 0 bridgehead atoms. The van der Waals surface area contributed by atoms with Gasteiger partial charge in [0.25, 0.3) is 0 Å². The number of amides is 1. The maximum absolute atomic E-state index is 14.1. The first kappa shape index (κ1) is 17.1. The van der Waals surface area contributed by atoms with E-state index >= 15 is 0 Å². The second kappa shape index (κ2) is 7.37. The Kier molecular flexibility index (Phi) is 5.50. The third-order valence-corrected chi connectivity index (χ3v) is 3.82. The molecule has 2 aromatic rings. The first-order valence-corrected chi connectivity index (χ1v) is 7.53. The molecule has 0 spiro atoms. The Morgan fingerprint density at radius 3 is 2.57 bits per heavy atom. The Hall–Kier alpha value is -2.21. The predicted octanol–water partition coefficient (Wildman–Crippen LogP) is 1.86. The second-order valence-corrected chi connectivity index (χ2v) is 5.92. The highest BCUT2D eigenvalue weighted by atomic mass is 19.1. The van der Waals surface area contributed by atoms with Gasteiger partial charge in [-0.05, 0) is 32.1 Å². The molecule has 1 aromatic carbocycles. The summed E-state index contributed by atoms with van der Waals surface area (Å²) in [5.41, 5.74) is 1.47. The van der Waals surface area contributed by atoms with E-state index < -0.39 is 6.04 Å². The molecule has 0 fully saturated rings. The molecule has 1 atom stereocenters. The summed E-state index contributed by atoms with van der Waals surface area (Å²) in [5, 5.41) is 4.12. The summed E-state index contributed by atoms with van der Waals surface area (Å²) < 4.78 is 15.8. The molecule has 124 valence electrons. The SMILES string of the molecule is CN(CCc1cnn(C)c1)C(=O)[C@@H](c1ccccc1F)N(C)C. The lowest BCUT2D eigenvalue weighted by molar-refractivity contribution is -0.135. The number of hydrogen-bond donors (Lipinski definition) is 0. The third kappa shape index (κ3) is 4.16. The Balaban J connectivity index is 2.10. The summed E-state index contributed by atoms with van der Waals surface area (Å²) in [6.45, 7) is 0.559. The predicted molar refractivity (Wildman–Crippen MR) is 87.4 cm³/mol. The minimum atomic E-state index is -0.630. The zero-order valence-electron chi connectivity index (χ0n) is 14.0. The van der Waals surface area contributed by atoms with Crippen LogP contribution in [0.4, 0.5) is 4.39 Å². The molecule has 1 aromatic heterocycles. The molecule has 0 unspecified atom stereocenters. The fourth-order valence-corrected chi connectivity index (χ4v) is 2.55. The van der Waals surface area contributed by atoms with Gasteiger partial charge in [0.15, 0.2) is 0 Å². The first-order valence-electron chi connectivity index (χ1n) is 7.53. The summed E-state index contributed by atoms with van der Waals surface area (Å²) in [7, 11) is 7.17. The fraction of sp³-hybridized carbons (Fsp3) is 0.412. The number of benzene rings is 1. The van der Waals surface area contributed by atoms with E-state index in [1.54, 1.807) is 60.0 Å². The molecule has 1 heterocycles. The summed E-state index contributed by atoms with van der Waals surface area (Å²) in [4.78, 5) is 16.1. The third-order valence-electron chi connectivity index (χ3n) is 3.82.